The Labute approximate surface area is 184 Å². The van der Waals surface area contributed by atoms with Crippen molar-refractivity contribution in [3.05, 3.63) is 48.2 Å². The Morgan fingerprint density at radius 2 is 1.90 bits per heavy atom. The number of nitriles is 1. The molecule has 0 radical (unpaired) electrons. The molecule has 3 aromatic rings. The molecular weight excluding hydrogens is 408 g/mol. The number of sulfonamides is 1. The number of nitrogens with zero attached hydrogens (tertiary/aromatic N) is 3. The van der Waals surface area contributed by atoms with Crippen LogP contribution < -0.4 is 4.72 Å². The van der Waals surface area contributed by atoms with Crippen molar-refractivity contribution in [1.82, 2.24) is 14.3 Å². The van der Waals surface area contributed by atoms with Crippen molar-refractivity contribution in [2.75, 3.05) is 0 Å². The molecule has 0 amide bonds. The normalized spacial score (nSPS) is 19.2. The van der Waals surface area contributed by atoms with Crippen molar-refractivity contribution < 1.29 is 8.42 Å². The second kappa shape index (κ2) is 7.77. The van der Waals surface area contributed by atoms with E-state index in [1.165, 1.54) is 6.42 Å². The number of hydrogen-bond donors (Lipinski definition) is 1. The number of fused-ring (bicyclic) bond motifs is 1. The van der Waals surface area contributed by atoms with Crippen LogP contribution in [0.1, 0.15) is 58.6 Å². The third-order valence-electron chi connectivity index (χ3n) is 5.99. The molecule has 2 heterocycles. The lowest BCUT2D eigenvalue weighted by molar-refractivity contribution is 0.182. The molecule has 0 saturated heterocycles. The maximum absolute atomic E-state index is 12.7. The van der Waals surface area contributed by atoms with Gasteiger partial charge in [0.1, 0.15) is 11.7 Å². The zero-order valence-electron chi connectivity index (χ0n) is 18.4. The van der Waals surface area contributed by atoms with E-state index in [0.717, 1.165) is 35.1 Å². The van der Waals surface area contributed by atoms with Crippen molar-refractivity contribution in [2.24, 2.45) is 5.92 Å². The summed E-state index contributed by atoms with van der Waals surface area (Å²) in [5.41, 5.74) is 2.50. The van der Waals surface area contributed by atoms with Gasteiger partial charge in [0.2, 0.25) is 10.0 Å². The SMILES string of the molecule is CCC1CCC1n1c(-c2ccc(S(=O)(=O)NC(C)(C)C)cc2)c(C#N)c2cccnc21. The van der Waals surface area contributed by atoms with Crippen molar-refractivity contribution in [3.8, 4) is 17.3 Å². The molecule has 6 nitrogen and oxygen atoms in total. The fraction of sp³-hybridized carbons (Fsp3) is 0.417. The van der Waals surface area contributed by atoms with Crippen LogP contribution in [-0.2, 0) is 10.0 Å². The standard InChI is InChI=1S/C24H28N4O2S/c1-5-16-10-13-21(16)28-22(20(15-25)19-7-6-14-26-23(19)28)17-8-11-18(12-9-17)31(29,30)27-24(2,3)4/h6-9,11-12,14,16,21,27H,5,10,13H2,1-4H3. The summed E-state index contributed by atoms with van der Waals surface area (Å²) >= 11 is 0. The quantitative estimate of drug-likeness (QED) is 0.609. The Bertz CT molecular complexity index is 1260. The largest absolute Gasteiger partial charge is 0.321 e. The van der Waals surface area contributed by atoms with Gasteiger partial charge in [-0.1, -0.05) is 25.5 Å². The Hall–Kier alpha value is -2.69. The summed E-state index contributed by atoms with van der Waals surface area (Å²) in [5, 5.41) is 10.8. The summed E-state index contributed by atoms with van der Waals surface area (Å²) in [4.78, 5) is 4.82. The van der Waals surface area contributed by atoms with Crippen LogP contribution in [0, 0.1) is 17.2 Å². The van der Waals surface area contributed by atoms with Gasteiger partial charge in [0.15, 0.2) is 0 Å². The number of rotatable bonds is 5. The molecule has 4 rings (SSSR count). The van der Waals surface area contributed by atoms with Crippen LogP contribution in [-0.4, -0.2) is 23.5 Å². The third kappa shape index (κ3) is 3.86. The average molecular weight is 437 g/mol. The van der Waals surface area contributed by atoms with Gasteiger partial charge in [-0.15, -0.1) is 0 Å². The summed E-state index contributed by atoms with van der Waals surface area (Å²) in [6.07, 6.45) is 5.06. The van der Waals surface area contributed by atoms with Crippen molar-refractivity contribution in [3.63, 3.8) is 0 Å². The first-order chi connectivity index (χ1) is 14.7. The molecule has 31 heavy (non-hydrogen) atoms. The van der Waals surface area contributed by atoms with Gasteiger partial charge in [-0.2, -0.15) is 5.26 Å². The molecule has 1 saturated carbocycles. The van der Waals surface area contributed by atoms with E-state index in [9.17, 15) is 13.7 Å². The fourth-order valence-corrected chi connectivity index (χ4v) is 5.90. The van der Waals surface area contributed by atoms with E-state index in [1.54, 1.807) is 30.5 Å². The number of pyridine rings is 1. The van der Waals surface area contributed by atoms with Gasteiger partial charge in [0.05, 0.1) is 16.2 Å². The molecule has 1 aliphatic rings. The molecule has 2 atom stereocenters. The van der Waals surface area contributed by atoms with Gasteiger partial charge in [0.25, 0.3) is 0 Å². The second-order valence-electron chi connectivity index (χ2n) is 9.27. The minimum Gasteiger partial charge on any atom is -0.321 e. The first-order valence-electron chi connectivity index (χ1n) is 10.7. The van der Waals surface area contributed by atoms with Crippen LogP contribution in [0.15, 0.2) is 47.5 Å². The Morgan fingerprint density at radius 3 is 2.45 bits per heavy atom. The molecule has 2 unspecified atom stereocenters. The number of benzene rings is 1. The predicted octanol–water partition coefficient (Wildman–Crippen LogP) is 5.01. The van der Waals surface area contributed by atoms with E-state index in [4.69, 9.17) is 0 Å². The maximum atomic E-state index is 12.7. The molecule has 1 fully saturated rings. The summed E-state index contributed by atoms with van der Waals surface area (Å²) in [6.45, 7) is 7.63. The molecule has 1 aliphatic carbocycles. The van der Waals surface area contributed by atoms with Crippen LogP contribution in [0.2, 0.25) is 0 Å². The van der Waals surface area contributed by atoms with Crippen LogP contribution >= 0.6 is 0 Å². The smallest absolute Gasteiger partial charge is 0.241 e. The van der Waals surface area contributed by atoms with E-state index in [0.29, 0.717) is 17.5 Å². The Balaban J connectivity index is 1.86. The summed E-state index contributed by atoms with van der Waals surface area (Å²) in [5.74, 6) is 0.554. The molecule has 0 bridgehead atoms. The molecule has 0 spiro atoms. The van der Waals surface area contributed by atoms with Crippen molar-refractivity contribution >= 4 is 21.1 Å². The fourth-order valence-electron chi connectivity index (χ4n) is 4.48. The van der Waals surface area contributed by atoms with Crippen LogP contribution in [0.3, 0.4) is 0 Å². The first-order valence-corrected chi connectivity index (χ1v) is 12.2. The number of hydrogen-bond acceptors (Lipinski definition) is 4. The second-order valence-corrected chi connectivity index (χ2v) is 11.0. The number of nitrogens with one attached hydrogen (secondary N) is 1. The highest BCUT2D eigenvalue weighted by Crippen LogP contribution is 2.46. The monoisotopic (exact) mass is 436 g/mol. The molecule has 1 N–H and O–H groups in total. The zero-order chi connectivity index (χ0) is 22.4. The Kier molecular flexibility index (Phi) is 5.40. The van der Waals surface area contributed by atoms with E-state index in [-0.39, 0.29) is 4.90 Å². The Morgan fingerprint density at radius 1 is 1.19 bits per heavy atom. The topological polar surface area (TPSA) is 87.8 Å². The minimum absolute atomic E-state index is 0.209. The summed E-state index contributed by atoms with van der Waals surface area (Å²) in [6, 6.07) is 13.3. The third-order valence-corrected chi connectivity index (χ3v) is 7.76. The van der Waals surface area contributed by atoms with Gasteiger partial charge in [-0.3, -0.25) is 0 Å². The van der Waals surface area contributed by atoms with E-state index >= 15 is 0 Å². The lowest BCUT2D eigenvalue weighted by Gasteiger charge is -2.38. The van der Waals surface area contributed by atoms with Gasteiger partial charge in [0, 0.05) is 23.2 Å². The van der Waals surface area contributed by atoms with E-state index in [2.05, 4.69) is 27.3 Å². The predicted molar refractivity (Wildman–Crippen MR) is 122 cm³/mol. The summed E-state index contributed by atoms with van der Waals surface area (Å²) < 4.78 is 30.3. The van der Waals surface area contributed by atoms with Crippen LogP contribution in [0.5, 0.6) is 0 Å². The lowest BCUT2D eigenvalue weighted by atomic mass is 9.77. The van der Waals surface area contributed by atoms with Crippen molar-refractivity contribution in [1.29, 1.82) is 5.26 Å². The van der Waals surface area contributed by atoms with E-state index in [1.807, 2.05) is 32.9 Å². The first kappa shape index (κ1) is 21.5. The maximum Gasteiger partial charge on any atom is 0.241 e. The van der Waals surface area contributed by atoms with Gasteiger partial charge < -0.3 is 4.57 Å². The lowest BCUT2D eigenvalue weighted by Crippen LogP contribution is -2.40. The number of aromatic nitrogens is 2. The van der Waals surface area contributed by atoms with Gasteiger partial charge in [-0.05, 0) is 69.4 Å². The highest BCUT2D eigenvalue weighted by molar-refractivity contribution is 7.89. The molecule has 162 valence electrons. The minimum atomic E-state index is -3.62. The summed E-state index contributed by atoms with van der Waals surface area (Å²) in [7, 11) is -3.62. The molecule has 2 aromatic heterocycles. The van der Waals surface area contributed by atoms with E-state index < -0.39 is 15.6 Å². The zero-order valence-corrected chi connectivity index (χ0v) is 19.2. The van der Waals surface area contributed by atoms with Crippen LogP contribution in [0.4, 0.5) is 0 Å². The molecule has 0 aliphatic heterocycles. The average Bonchev–Trinajstić information content (AvgIpc) is 3.00. The van der Waals surface area contributed by atoms with Crippen molar-refractivity contribution in [2.45, 2.75) is 63.4 Å². The molecular formula is C24H28N4O2S. The highest BCUT2D eigenvalue weighted by atomic mass is 32.2. The molecule has 1 aromatic carbocycles. The molecule has 7 heteroatoms. The van der Waals surface area contributed by atoms with Gasteiger partial charge in [-0.25, -0.2) is 18.1 Å². The highest BCUT2D eigenvalue weighted by Gasteiger charge is 2.35. The van der Waals surface area contributed by atoms with Crippen LogP contribution in [0.25, 0.3) is 22.3 Å². The van der Waals surface area contributed by atoms with Gasteiger partial charge >= 0.3 is 0 Å².